The number of hydrogen-bond acceptors (Lipinski definition) is 3. The van der Waals surface area contributed by atoms with Crippen LogP contribution in [0.15, 0.2) is 71.6 Å². The Morgan fingerprint density at radius 3 is 2.38 bits per heavy atom. The molecule has 0 radical (unpaired) electrons. The maximum Gasteiger partial charge on any atom is 0.264 e. The quantitative estimate of drug-likeness (QED) is 0.672. The summed E-state index contributed by atoms with van der Waals surface area (Å²) in [5.74, 6) is -2.42. The number of nitrogens with one attached hydrogen (secondary N) is 1. The summed E-state index contributed by atoms with van der Waals surface area (Å²) in [6, 6.07) is 15.1. The highest BCUT2D eigenvalue weighted by Crippen LogP contribution is 2.24. The minimum atomic E-state index is -3.92. The second kappa shape index (κ2) is 8.00. The molecule has 1 amide bonds. The summed E-state index contributed by atoms with van der Waals surface area (Å²) in [4.78, 5) is 12.3. The molecule has 3 rings (SSSR count). The number of sulfonamides is 1. The van der Waals surface area contributed by atoms with E-state index in [0.29, 0.717) is 11.8 Å². The molecule has 0 aliphatic carbocycles. The van der Waals surface area contributed by atoms with E-state index in [1.165, 1.54) is 31.3 Å². The Bertz CT molecular complexity index is 1180. The van der Waals surface area contributed by atoms with Crippen molar-refractivity contribution in [2.75, 3.05) is 16.7 Å². The molecule has 0 heterocycles. The number of benzene rings is 3. The van der Waals surface area contributed by atoms with Gasteiger partial charge in [0.1, 0.15) is 11.6 Å². The van der Waals surface area contributed by atoms with E-state index in [1.54, 1.807) is 18.2 Å². The zero-order valence-electron chi connectivity index (χ0n) is 15.7. The van der Waals surface area contributed by atoms with Gasteiger partial charge in [-0.2, -0.15) is 0 Å². The van der Waals surface area contributed by atoms with Crippen molar-refractivity contribution < 1.29 is 22.0 Å². The highest BCUT2D eigenvalue weighted by Gasteiger charge is 2.22. The van der Waals surface area contributed by atoms with E-state index in [1.807, 2.05) is 13.0 Å². The Hall–Kier alpha value is -3.26. The molecule has 0 unspecified atom stereocenters. The number of halogens is 2. The lowest BCUT2D eigenvalue weighted by molar-refractivity contribution is 0.102. The van der Waals surface area contributed by atoms with E-state index in [9.17, 15) is 22.0 Å². The van der Waals surface area contributed by atoms with E-state index in [4.69, 9.17) is 0 Å². The normalized spacial score (nSPS) is 11.2. The molecule has 3 aromatic carbocycles. The number of amides is 1. The Kier molecular flexibility index (Phi) is 5.65. The Morgan fingerprint density at radius 1 is 0.966 bits per heavy atom. The number of aryl methyl sites for hydroxylation is 1. The third-order valence-corrected chi connectivity index (χ3v) is 6.08. The summed E-state index contributed by atoms with van der Waals surface area (Å²) < 4.78 is 53.8. The summed E-state index contributed by atoms with van der Waals surface area (Å²) in [5, 5.41) is 2.31. The van der Waals surface area contributed by atoms with E-state index >= 15 is 0 Å². The first-order chi connectivity index (χ1) is 13.7. The van der Waals surface area contributed by atoms with Crippen LogP contribution in [0.4, 0.5) is 20.2 Å². The summed E-state index contributed by atoms with van der Waals surface area (Å²) in [7, 11) is -2.50. The van der Waals surface area contributed by atoms with Crippen molar-refractivity contribution in [3.8, 4) is 0 Å². The lowest BCUT2D eigenvalue weighted by atomic mass is 10.2. The first-order valence-electron chi connectivity index (χ1n) is 8.60. The summed E-state index contributed by atoms with van der Waals surface area (Å²) in [5.41, 5.74) is 1.20. The molecule has 0 spiro atoms. The summed E-state index contributed by atoms with van der Waals surface area (Å²) >= 11 is 0. The van der Waals surface area contributed by atoms with Gasteiger partial charge in [-0.3, -0.25) is 9.10 Å². The van der Waals surface area contributed by atoms with Gasteiger partial charge in [0.2, 0.25) is 0 Å². The van der Waals surface area contributed by atoms with Gasteiger partial charge >= 0.3 is 0 Å². The number of carbonyl (C=O) groups excluding carboxylic acids is 1. The monoisotopic (exact) mass is 416 g/mol. The molecule has 0 fully saturated rings. The van der Waals surface area contributed by atoms with Gasteiger partial charge in [-0.15, -0.1) is 0 Å². The highest BCUT2D eigenvalue weighted by molar-refractivity contribution is 7.92. The Labute approximate surface area is 167 Å². The van der Waals surface area contributed by atoms with E-state index < -0.39 is 27.6 Å². The van der Waals surface area contributed by atoms with Gasteiger partial charge in [0.25, 0.3) is 15.9 Å². The number of nitrogens with zero attached hydrogens (tertiary/aromatic N) is 1. The molecule has 0 aromatic heterocycles. The van der Waals surface area contributed by atoms with E-state index in [0.717, 1.165) is 22.0 Å². The van der Waals surface area contributed by atoms with Gasteiger partial charge in [-0.25, -0.2) is 17.2 Å². The topological polar surface area (TPSA) is 66.5 Å². The minimum absolute atomic E-state index is 0.0208. The van der Waals surface area contributed by atoms with Crippen LogP contribution in [0.3, 0.4) is 0 Å². The fourth-order valence-electron chi connectivity index (χ4n) is 2.70. The smallest absolute Gasteiger partial charge is 0.264 e. The van der Waals surface area contributed by atoms with E-state index in [2.05, 4.69) is 5.32 Å². The second-order valence-electron chi connectivity index (χ2n) is 6.42. The highest BCUT2D eigenvalue weighted by atomic mass is 32.2. The van der Waals surface area contributed by atoms with Crippen LogP contribution in [0.5, 0.6) is 0 Å². The zero-order valence-corrected chi connectivity index (χ0v) is 16.5. The maximum absolute atomic E-state index is 13.8. The molecule has 1 N–H and O–H groups in total. The number of hydrogen-bond donors (Lipinski definition) is 1. The number of carbonyl (C=O) groups is 1. The van der Waals surface area contributed by atoms with Crippen LogP contribution in [-0.4, -0.2) is 21.4 Å². The third kappa shape index (κ3) is 4.43. The fourth-order valence-corrected chi connectivity index (χ4v) is 3.94. The van der Waals surface area contributed by atoms with Crippen molar-refractivity contribution in [1.82, 2.24) is 0 Å². The van der Waals surface area contributed by atoms with Crippen LogP contribution >= 0.6 is 0 Å². The standard InChI is InChI=1S/C21H18F2N2O3S/c1-14-5-3-7-17(11-14)25(2)29(27,28)18-8-4-6-15(12-18)21(26)24-20-10-9-16(22)13-19(20)23/h3-13H,1-2H3,(H,24,26). The molecule has 0 bridgehead atoms. The molecule has 0 aliphatic rings. The van der Waals surface area contributed by atoms with Crippen molar-refractivity contribution >= 4 is 27.3 Å². The van der Waals surface area contributed by atoms with E-state index in [-0.39, 0.29) is 16.1 Å². The van der Waals surface area contributed by atoms with Crippen molar-refractivity contribution in [1.29, 1.82) is 0 Å². The minimum Gasteiger partial charge on any atom is -0.319 e. The maximum atomic E-state index is 13.8. The molecular weight excluding hydrogens is 398 g/mol. The van der Waals surface area contributed by atoms with Crippen molar-refractivity contribution in [2.45, 2.75) is 11.8 Å². The van der Waals surface area contributed by atoms with Gasteiger partial charge in [-0.1, -0.05) is 18.2 Å². The molecule has 0 aliphatic heterocycles. The van der Waals surface area contributed by atoms with Crippen molar-refractivity contribution in [2.24, 2.45) is 0 Å². The van der Waals surface area contributed by atoms with Crippen LogP contribution in [0.2, 0.25) is 0 Å². The number of rotatable bonds is 5. The third-order valence-electron chi connectivity index (χ3n) is 4.30. The first kappa shape index (κ1) is 20.5. The van der Waals surface area contributed by atoms with Crippen LogP contribution in [0, 0.1) is 18.6 Å². The largest absolute Gasteiger partial charge is 0.319 e. The predicted molar refractivity (Wildman–Crippen MR) is 108 cm³/mol. The van der Waals surface area contributed by atoms with Crippen LogP contribution in [0.1, 0.15) is 15.9 Å². The van der Waals surface area contributed by atoms with Crippen LogP contribution in [-0.2, 0) is 10.0 Å². The van der Waals surface area contributed by atoms with Crippen LogP contribution in [0.25, 0.3) is 0 Å². The predicted octanol–water partition coefficient (Wildman–Crippen LogP) is 4.35. The first-order valence-corrected chi connectivity index (χ1v) is 10.0. The SMILES string of the molecule is Cc1cccc(N(C)S(=O)(=O)c2cccc(C(=O)Nc3ccc(F)cc3F)c2)c1. The van der Waals surface area contributed by atoms with Gasteiger partial charge in [0.05, 0.1) is 16.3 Å². The molecule has 0 atom stereocenters. The molecular formula is C21H18F2N2O3S. The zero-order chi connectivity index (χ0) is 21.2. The van der Waals surface area contributed by atoms with Gasteiger partial charge in [-0.05, 0) is 55.0 Å². The summed E-state index contributed by atoms with van der Waals surface area (Å²) in [6.07, 6.45) is 0. The molecule has 150 valence electrons. The van der Waals surface area contributed by atoms with Gasteiger partial charge in [0, 0.05) is 18.7 Å². The number of anilines is 2. The van der Waals surface area contributed by atoms with Gasteiger partial charge < -0.3 is 5.32 Å². The second-order valence-corrected chi connectivity index (χ2v) is 8.39. The average Bonchev–Trinajstić information content (AvgIpc) is 2.69. The van der Waals surface area contributed by atoms with Crippen LogP contribution < -0.4 is 9.62 Å². The molecule has 5 nitrogen and oxygen atoms in total. The molecule has 0 saturated carbocycles. The Morgan fingerprint density at radius 2 is 1.69 bits per heavy atom. The van der Waals surface area contributed by atoms with Crippen molar-refractivity contribution in [3.63, 3.8) is 0 Å². The van der Waals surface area contributed by atoms with Gasteiger partial charge in [0.15, 0.2) is 0 Å². The Balaban J connectivity index is 1.89. The molecule has 29 heavy (non-hydrogen) atoms. The lowest BCUT2D eigenvalue weighted by Crippen LogP contribution is -2.27. The molecule has 0 saturated heterocycles. The molecule has 3 aromatic rings. The fraction of sp³-hybridized carbons (Fsp3) is 0.0952. The summed E-state index contributed by atoms with van der Waals surface area (Å²) in [6.45, 7) is 1.85. The average molecular weight is 416 g/mol. The molecule has 8 heteroatoms. The van der Waals surface area contributed by atoms with Crippen molar-refractivity contribution in [3.05, 3.63) is 89.5 Å². The lowest BCUT2D eigenvalue weighted by Gasteiger charge is -2.20.